The highest BCUT2D eigenvalue weighted by molar-refractivity contribution is 5.95. The topological polar surface area (TPSA) is 95.7 Å². The van der Waals surface area contributed by atoms with E-state index < -0.39 is 6.04 Å². The lowest BCUT2D eigenvalue weighted by atomic mass is 10.0. The molecule has 1 unspecified atom stereocenters. The van der Waals surface area contributed by atoms with Gasteiger partial charge < -0.3 is 19.7 Å². The fourth-order valence-electron chi connectivity index (χ4n) is 3.63. The Morgan fingerprint density at radius 3 is 2.41 bits per heavy atom. The second-order valence-corrected chi connectivity index (χ2v) is 7.88. The highest BCUT2D eigenvalue weighted by Crippen LogP contribution is 2.21. The molecule has 172 valence electrons. The van der Waals surface area contributed by atoms with E-state index in [2.05, 4.69) is 10.3 Å². The van der Waals surface area contributed by atoms with Crippen molar-refractivity contribution in [2.45, 2.75) is 25.6 Å². The zero-order chi connectivity index (χ0) is 23.8. The van der Waals surface area contributed by atoms with Crippen molar-refractivity contribution in [3.05, 3.63) is 120 Å². The first-order valence-corrected chi connectivity index (χ1v) is 10.9. The first kappa shape index (κ1) is 22.8. The molecular formula is C27H25N3O4. The van der Waals surface area contributed by atoms with Gasteiger partial charge in [-0.2, -0.15) is 0 Å². The van der Waals surface area contributed by atoms with Crippen LogP contribution in [0.5, 0.6) is 5.75 Å². The Balaban J connectivity index is 1.55. The molecule has 0 spiro atoms. The number of aromatic nitrogens is 1. The van der Waals surface area contributed by atoms with Crippen LogP contribution in [0.3, 0.4) is 0 Å². The van der Waals surface area contributed by atoms with Crippen LogP contribution < -0.4 is 5.32 Å². The molecule has 0 saturated heterocycles. The number of aromatic hydroxyl groups is 1. The summed E-state index contributed by atoms with van der Waals surface area (Å²) < 4.78 is 5.47. The van der Waals surface area contributed by atoms with Crippen LogP contribution >= 0.6 is 0 Å². The number of carbonyl (C=O) groups is 2. The SMILES string of the molecule is O=C(NC(CC(=O)N(Cc1cccnc1)Cc1ccco1)c1ccccc1)c1ccc(O)cc1. The quantitative estimate of drug-likeness (QED) is 0.388. The summed E-state index contributed by atoms with van der Waals surface area (Å²) >= 11 is 0. The summed E-state index contributed by atoms with van der Waals surface area (Å²) in [6.07, 6.45) is 5.05. The predicted molar refractivity (Wildman–Crippen MR) is 127 cm³/mol. The van der Waals surface area contributed by atoms with Gasteiger partial charge >= 0.3 is 0 Å². The average molecular weight is 456 g/mol. The number of amides is 2. The second-order valence-electron chi connectivity index (χ2n) is 7.88. The smallest absolute Gasteiger partial charge is 0.251 e. The Bertz CT molecular complexity index is 1190. The molecule has 2 aromatic heterocycles. The Morgan fingerprint density at radius 1 is 0.941 bits per heavy atom. The molecule has 2 N–H and O–H groups in total. The molecule has 4 rings (SSSR count). The lowest BCUT2D eigenvalue weighted by molar-refractivity contribution is -0.133. The first-order valence-electron chi connectivity index (χ1n) is 10.9. The standard InChI is InChI=1S/C27H25N3O4/c31-23-12-10-22(11-13-23)27(33)29-25(21-7-2-1-3-8-21)16-26(32)30(19-24-9-5-15-34-24)18-20-6-4-14-28-17-20/h1-15,17,25,31H,16,18-19H2,(H,29,33). The molecule has 0 aliphatic carbocycles. The lowest BCUT2D eigenvalue weighted by Crippen LogP contribution is -2.36. The van der Waals surface area contributed by atoms with Crippen LogP contribution in [0, 0.1) is 0 Å². The number of nitrogens with one attached hydrogen (secondary N) is 1. The van der Waals surface area contributed by atoms with Crippen molar-refractivity contribution in [1.29, 1.82) is 0 Å². The molecule has 0 saturated carbocycles. The Labute approximate surface area is 197 Å². The Kier molecular flexibility index (Phi) is 7.35. The van der Waals surface area contributed by atoms with Gasteiger partial charge in [0.05, 0.1) is 25.3 Å². The third-order valence-electron chi connectivity index (χ3n) is 5.39. The van der Waals surface area contributed by atoms with E-state index in [1.165, 1.54) is 12.1 Å². The van der Waals surface area contributed by atoms with Gasteiger partial charge in [-0.15, -0.1) is 0 Å². The molecule has 0 radical (unpaired) electrons. The van der Waals surface area contributed by atoms with Crippen molar-refractivity contribution in [1.82, 2.24) is 15.2 Å². The average Bonchev–Trinajstić information content (AvgIpc) is 3.38. The summed E-state index contributed by atoms with van der Waals surface area (Å²) in [5.74, 6) is 0.281. The third-order valence-corrected chi connectivity index (χ3v) is 5.39. The van der Waals surface area contributed by atoms with E-state index in [0.29, 0.717) is 24.4 Å². The number of furan rings is 1. The van der Waals surface area contributed by atoms with Crippen molar-refractivity contribution in [2.75, 3.05) is 0 Å². The van der Waals surface area contributed by atoms with Gasteiger partial charge in [0.1, 0.15) is 11.5 Å². The van der Waals surface area contributed by atoms with E-state index in [1.807, 2.05) is 48.5 Å². The van der Waals surface area contributed by atoms with Gasteiger partial charge in [-0.05, 0) is 53.6 Å². The number of rotatable bonds is 9. The molecule has 0 aliphatic rings. The minimum Gasteiger partial charge on any atom is -0.508 e. The van der Waals surface area contributed by atoms with Crippen LogP contribution in [-0.4, -0.2) is 26.8 Å². The van der Waals surface area contributed by atoms with Gasteiger partial charge in [0.15, 0.2) is 0 Å². The number of hydrogen-bond donors (Lipinski definition) is 2. The summed E-state index contributed by atoms with van der Waals surface area (Å²) in [7, 11) is 0. The number of benzene rings is 2. The van der Waals surface area contributed by atoms with Crippen molar-refractivity contribution >= 4 is 11.8 Å². The summed E-state index contributed by atoms with van der Waals surface area (Å²) in [6, 6.07) is 22.2. The summed E-state index contributed by atoms with van der Waals surface area (Å²) in [4.78, 5) is 32.2. The van der Waals surface area contributed by atoms with Gasteiger partial charge in [-0.25, -0.2) is 0 Å². The zero-order valence-electron chi connectivity index (χ0n) is 18.5. The van der Waals surface area contributed by atoms with Crippen LogP contribution in [0.1, 0.15) is 39.7 Å². The number of nitrogens with zero attached hydrogens (tertiary/aromatic N) is 2. The van der Waals surface area contributed by atoms with Crippen molar-refractivity contribution < 1.29 is 19.1 Å². The van der Waals surface area contributed by atoms with Gasteiger partial charge in [0.25, 0.3) is 5.91 Å². The fraction of sp³-hybridized carbons (Fsp3) is 0.148. The number of pyridine rings is 1. The molecule has 0 fully saturated rings. The van der Waals surface area contributed by atoms with Crippen LogP contribution in [0.4, 0.5) is 0 Å². The van der Waals surface area contributed by atoms with E-state index >= 15 is 0 Å². The maximum absolute atomic E-state index is 13.5. The minimum atomic E-state index is -0.539. The molecule has 2 aromatic carbocycles. The number of carbonyl (C=O) groups excluding carboxylic acids is 2. The molecular weight excluding hydrogens is 430 g/mol. The van der Waals surface area contributed by atoms with Gasteiger partial charge in [0.2, 0.25) is 5.91 Å². The number of hydrogen-bond acceptors (Lipinski definition) is 5. The van der Waals surface area contributed by atoms with Gasteiger partial charge in [-0.3, -0.25) is 14.6 Å². The highest BCUT2D eigenvalue weighted by atomic mass is 16.3. The largest absolute Gasteiger partial charge is 0.508 e. The number of phenols is 1. The lowest BCUT2D eigenvalue weighted by Gasteiger charge is -2.25. The maximum Gasteiger partial charge on any atom is 0.251 e. The molecule has 0 aliphatic heterocycles. The molecule has 2 heterocycles. The Morgan fingerprint density at radius 2 is 1.74 bits per heavy atom. The third kappa shape index (κ3) is 6.10. The van der Waals surface area contributed by atoms with E-state index in [4.69, 9.17) is 4.42 Å². The normalized spacial score (nSPS) is 11.5. The van der Waals surface area contributed by atoms with Crippen LogP contribution in [0.25, 0.3) is 0 Å². The second kappa shape index (κ2) is 11.0. The van der Waals surface area contributed by atoms with E-state index in [1.54, 1.807) is 41.8 Å². The maximum atomic E-state index is 13.5. The van der Waals surface area contributed by atoms with Crippen LogP contribution in [0.15, 0.2) is 102 Å². The minimum absolute atomic E-state index is 0.0643. The van der Waals surface area contributed by atoms with Crippen LogP contribution in [0.2, 0.25) is 0 Å². The Hall–Kier alpha value is -4.39. The van der Waals surface area contributed by atoms with Gasteiger partial charge in [0, 0.05) is 24.5 Å². The van der Waals surface area contributed by atoms with E-state index in [0.717, 1.165) is 11.1 Å². The predicted octanol–water partition coefficient (Wildman–Crippen LogP) is 4.47. The molecule has 1 atom stereocenters. The molecule has 0 bridgehead atoms. The molecule has 7 heteroatoms. The molecule has 7 nitrogen and oxygen atoms in total. The first-order chi connectivity index (χ1) is 16.6. The van der Waals surface area contributed by atoms with E-state index in [-0.39, 0.29) is 24.0 Å². The van der Waals surface area contributed by atoms with Crippen molar-refractivity contribution in [2.24, 2.45) is 0 Å². The zero-order valence-corrected chi connectivity index (χ0v) is 18.5. The molecule has 34 heavy (non-hydrogen) atoms. The fourth-order valence-corrected chi connectivity index (χ4v) is 3.63. The summed E-state index contributed by atoms with van der Waals surface area (Å²) in [6.45, 7) is 0.662. The van der Waals surface area contributed by atoms with Crippen molar-refractivity contribution in [3.8, 4) is 5.75 Å². The van der Waals surface area contributed by atoms with Gasteiger partial charge in [-0.1, -0.05) is 36.4 Å². The molecule has 2 amide bonds. The molecule has 4 aromatic rings. The van der Waals surface area contributed by atoms with E-state index in [9.17, 15) is 14.7 Å². The monoisotopic (exact) mass is 455 g/mol. The summed E-state index contributed by atoms with van der Waals surface area (Å²) in [5.41, 5.74) is 2.11. The summed E-state index contributed by atoms with van der Waals surface area (Å²) in [5, 5.41) is 12.5. The number of phenolic OH excluding ortho intramolecular Hbond substituents is 1. The van der Waals surface area contributed by atoms with Crippen molar-refractivity contribution in [3.63, 3.8) is 0 Å². The highest BCUT2D eigenvalue weighted by Gasteiger charge is 2.24. The van der Waals surface area contributed by atoms with Crippen LogP contribution in [-0.2, 0) is 17.9 Å².